The first-order chi connectivity index (χ1) is 8.05. The smallest absolute Gasteiger partial charge is 0.0234 e. The van der Waals surface area contributed by atoms with Crippen LogP contribution in [0.3, 0.4) is 0 Å². The average Bonchev–Trinajstić information content (AvgIpc) is 2.39. The lowest BCUT2D eigenvalue weighted by atomic mass is 9.93. The molecular formula is C15H24N2. The summed E-state index contributed by atoms with van der Waals surface area (Å²) in [5, 5.41) is 3.61. The minimum atomic E-state index is 0.361. The van der Waals surface area contributed by atoms with Crippen molar-refractivity contribution in [2.24, 2.45) is 5.41 Å². The predicted octanol–water partition coefficient (Wildman–Crippen LogP) is 2.51. The molecule has 1 fully saturated rings. The summed E-state index contributed by atoms with van der Waals surface area (Å²) in [5.41, 5.74) is 1.77. The molecule has 1 aliphatic rings. The van der Waals surface area contributed by atoms with Crippen molar-refractivity contribution in [3.05, 3.63) is 35.9 Å². The summed E-state index contributed by atoms with van der Waals surface area (Å²) >= 11 is 0. The van der Waals surface area contributed by atoms with Gasteiger partial charge >= 0.3 is 0 Å². The van der Waals surface area contributed by atoms with Crippen LogP contribution in [0, 0.1) is 5.41 Å². The standard InChI is InChI=1S/C15H24N2/c1-13-9-17(12-15(2,3)11-16-13)10-14-7-5-4-6-8-14/h4-8,13,16H,9-12H2,1-3H3. The van der Waals surface area contributed by atoms with Gasteiger partial charge in [0.2, 0.25) is 0 Å². The lowest BCUT2D eigenvalue weighted by Crippen LogP contribution is -2.35. The Hall–Kier alpha value is -0.860. The Morgan fingerprint density at radius 3 is 2.71 bits per heavy atom. The number of rotatable bonds is 2. The fourth-order valence-corrected chi connectivity index (χ4v) is 2.59. The van der Waals surface area contributed by atoms with E-state index in [1.807, 2.05) is 0 Å². The molecule has 0 aromatic heterocycles. The molecule has 2 nitrogen and oxygen atoms in total. The summed E-state index contributed by atoms with van der Waals surface area (Å²) in [7, 11) is 0. The molecule has 1 N–H and O–H groups in total. The highest BCUT2D eigenvalue weighted by molar-refractivity contribution is 5.14. The molecule has 2 rings (SSSR count). The zero-order valence-corrected chi connectivity index (χ0v) is 11.2. The quantitative estimate of drug-likeness (QED) is 0.843. The predicted molar refractivity (Wildman–Crippen MR) is 73.0 cm³/mol. The van der Waals surface area contributed by atoms with Crippen molar-refractivity contribution in [3.8, 4) is 0 Å². The number of nitrogens with zero attached hydrogens (tertiary/aromatic N) is 1. The molecule has 0 aliphatic carbocycles. The van der Waals surface area contributed by atoms with Crippen molar-refractivity contribution < 1.29 is 0 Å². The molecule has 2 heteroatoms. The van der Waals surface area contributed by atoms with E-state index in [4.69, 9.17) is 0 Å². The van der Waals surface area contributed by atoms with E-state index in [1.165, 1.54) is 12.1 Å². The highest BCUT2D eigenvalue weighted by Gasteiger charge is 2.26. The largest absolute Gasteiger partial charge is 0.312 e. The van der Waals surface area contributed by atoms with Crippen LogP contribution in [0.5, 0.6) is 0 Å². The third kappa shape index (κ3) is 3.83. The molecule has 1 saturated heterocycles. The molecule has 1 heterocycles. The van der Waals surface area contributed by atoms with Crippen LogP contribution in [-0.2, 0) is 6.54 Å². The SMILES string of the molecule is CC1CN(Cc2ccccc2)CC(C)(C)CN1. The summed E-state index contributed by atoms with van der Waals surface area (Å²) in [6, 6.07) is 11.4. The third-order valence-corrected chi connectivity index (χ3v) is 3.36. The maximum atomic E-state index is 3.61. The van der Waals surface area contributed by atoms with Crippen molar-refractivity contribution in [2.75, 3.05) is 19.6 Å². The van der Waals surface area contributed by atoms with Gasteiger partial charge in [0.25, 0.3) is 0 Å². The van der Waals surface area contributed by atoms with E-state index in [0.717, 1.165) is 19.6 Å². The van der Waals surface area contributed by atoms with Gasteiger partial charge in [0.05, 0.1) is 0 Å². The summed E-state index contributed by atoms with van der Waals surface area (Å²) in [6.45, 7) is 11.4. The Morgan fingerprint density at radius 2 is 2.00 bits per heavy atom. The molecule has 1 unspecified atom stereocenters. The van der Waals surface area contributed by atoms with Gasteiger partial charge in [-0.3, -0.25) is 4.90 Å². The Bertz CT molecular complexity index is 345. The molecule has 1 aliphatic heterocycles. The maximum Gasteiger partial charge on any atom is 0.0234 e. The van der Waals surface area contributed by atoms with Gasteiger partial charge in [0, 0.05) is 32.2 Å². The first kappa shape index (κ1) is 12.6. The summed E-state index contributed by atoms with van der Waals surface area (Å²) in [4.78, 5) is 2.57. The average molecular weight is 232 g/mol. The van der Waals surface area contributed by atoms with Crippen LogP contribution < -0.4 is 5.32 Å². The molecule has 1 aromatic carbocycles. The summed E-state index contributed by atoms with van der Waals surface area (Å²) in [5.74, 6) is 0. The van der Waals surface area contributed by atoms with Gasteiger partial charge in [0.1, 0.15) is 0 Å². The van der Waals surface area contributed by atoms with Crippen LogP contribution in [0.25, 0.3) is 0 Å². The minimum Gasteiger partial charge on any atom is -0.312 e. The Kier molecular flexibility index (Phi) is 3.85. The second-order valence-corrected chi connectivity index (χ2v) is 6.10. The van der Waals surface area contributed by atoms with E-state index >= 15 is 0 Å². The second-order valence-electron chi connectivity index (χ2n) is 6.10. The van der Waals surface area contributed by atoms with Crippen molar-refractivity contribution in [1.82, 2.24) is 10.2 Å². The molecule has 0 amide bonds. The molecule has 0 radical (unpaired) electrons. The Labute approximate surface area is 105 Å². The van der Waals surface area contributed by atoms with Crippen LogP contribution in [0.4, 0.5) is 0 Å². The second kappa shape index (κ2) is 5.19. The maximum absolute atomic E-state index is 3.61. The van der Waals surface area contributed by atoms with Crippen molar-refractivity contribution in [1.29, 1.82) is 0 Å². The summed E-state index contributed by atoms with van der Waals surface area (Å²) in [6.07, 6.45) is 0. The number of benzene rings is 1. The minimum absolute atomic E-state index is 0.361. The number of nitrogens with one attached hydrogen (secondary N) is 1. The van der Waals surface area contributed by atoms with Gasteiger partial charge in [-0.1, -0.05) is 44.2 Å². The molecular weight excluding hydrogens is 208 g/mol. The van der Waals surface area contributed by atoms with Gasteiger partial charge in [0.15, 0.2) is 0 Å². The zero-order valence-electron chi connectivity index (χ0n) is 11.2. The van der Waals surface area contributed by atoms with Gasteiger partial charge in [-0.2, -0.15) is 0 Å². The van der Waals surface area contributed by atoms with Crippen molar-refractivity contribution >= 4 is 0 Å². The van der Waals surface area contributed by atoms with Crippen molar-refractivity contribution in [3.63, 3.8) is 0 Å². The van der Waals surface area contributed by atoms with Crippen LogP contribution in [0.1, 0.15) is 26.3 Å². The topological polar surface area (TPSA) is 15.3 Å². The number of hydrogen-bond donors (Lipinski definition) is 1. The third-order valence-electron chi connectivity index (χ3n) is 3.36. The van der Waals surface area contributed by atoms with Crippen LogP contribution in [0.15, 0.2) is 30.3 Å². The summed E-state index contributed by atoms with van der Waals surface area (Å²) < 4.78 is 0. The van der Waals surface area contributed by atoms with Gasteiger partial charge in [-0.05, 0) is 17.9 Å². The Morgan fingerprint density at radius 1 is 1.29 bits per heavy atom. The van der Waals surface area contributed by atoms with E-state index in [2.05, 4.69) is 61.3 Å². The molecule has 17 heavy (non-hydrogen) atoms. The molecule has 0 saturated carbocycles. The van der Waals surface area contributed by atoms with E-state index < -0.39 is 0 Å². The fraction of sp³-hybridized carbons (Fsp3) is 0.600. The molecule has 0 spiro atoms. The molecule has 0 bridgehead atoms. The van der Waals surface area contributed by atoms with Gasteiger partial charge in [-0.15, -0.1) is 0 Å². The first-order valence-corrected chi connectivity index (χ1v) is 6.55. The lowest BCUT2D eigenvalue weighted by molar-refractivity contribution is 0.195. The normalized spacial score (nSPS) is 25.5. The molecule has 94 valence electrons. The highest BCUT2D eigenvalue weighted by atomic mass is 15.2. The van der Waals surface area contributed by atoms with E-state index in [9.17, 15) is 0 Å². The molecule has 1 atom stereocenters. The van der Waals surface area contributed by atoms with Crippen molar-refractivity contribution in [2.45, 2.75) is 33.4 Å². The monoisotopic (exact) mass is 232 g/mol. The number of hydrogen-bond acceptors (Lipinski definition) is 2. The first-order valence-electron chi connectivity index (χ1n) is 6.55. The highest BCUT2D eigenvalue weighted by Crippen LogP contribution is 2.20. The van der Waals surface area contributed by atoms with Gasteiger partial charge < -0.3 is 5.32 Å². The fourth-order valence-electron chi connectivity index (χ4n) is 2.59. The van der Waals surface area contributed by atoms with Crippen LogP contribution in [0.2, 0.25) is 0 Å². The van der Waals surface area contributed by atoms with Gasteiger partial charge in [-0.25, -0.2) is 0 Å². The van der Waals surface area contributed by atoms with Crippen LogP contribution >= 0.6 is 0 Å². The lowest BCUT2D eigenvalue weighted by Gasteiger charge is -2.29. The van der Waals surface area contributed by atoms with E-state index in [-0.39, 0.29) is 0 Å². The van der Waals surface area contributed by atoms with E-state index in [0.29, 0.717) is 11.5 Å². The molecule has 1 aromatic rings. The van der Waals surface area contributed by atoms with E-state index in [1.54, 1.807) is 0 Å². The van der Waals surface area contributed by atoms with Crippen LogP contribution in [-0.4, -0.2) is 30.6 Å². The Balaban J connectivity index is 2.03. The zero-order chi connectivity index (χ0) is 12.3.